The first kappa shape index (κ1) is 22.0. The van der Waals surface area contributed by atoms with Crippen molar-refractivity contribution in [1.29, 1.82) is 0 Å². The van der Waals surface area contributed by atoms with Crippen LogP contribution in [0.15, 0.2) is 59.7 Å². The monoisotopic (exact) mass is 440 g/mol. The lowest BCUT2D eigenvalue weighted by Crippen LogP contribution is -2.14. The molecule has 10 heteroatoms. The van der Waals surface area contributed by atoms with Crippen LogP contribution in [-0.4, -0.2) is 33.2 Å². The molecule has 0 saturated heterocycles. The van der Waals surface area contributed by atoms with E-state index in [1.54, 1.807) is 24.5 Å². The Kier molecular flexibility index (Phi) is 6.68. The Morgan fingerprint density at radius 2 is 1.97 bits per heavy atom. The Labute approximate surface area is 183 Å². The number of rotatable bonds is 7. The number of fused-ring (bicyclic) bond motifs is 1. The second-order valence-electron chi connectivity index (χ2n) is 6.92. The van der Waals surface area contributed by atoms with E-state index in [0.717, 1.165) is 22.0 Å². The fourth-order valence-corrected chi connectivity index (χ4v) is 3.36. The number of benzene rings is 2. The van der Waals surface area contributed by atoms with Crippen LogP contribution in [0.2, 0.25) is 0 Å². The molecule has 2 aromatic heterocycles. The number of aromatic amines is 2. The third-order valence-electron chi connectivity index (χ3n) is 4.87. The van der Waals surface area contributed by atoms with Crippen molar-refractivity contribution in [2.24, 2.45) is 5.73 Å². The topological polar surface area (TPSA) is 143 Å². The summed E-state index contributed by atoms with van der Waals surface area (Å²) in [5.74, 6) is 0. The molecule has 0 fully saturated rings. The van der Waals surface area contributed by atoms with Gasteiger partial charge in [-0.1, -0.05) is 18.2 Å². The van der Waals surface area contributed by atoms with Gasteiger partial charge in [0.2, 0.25) is 0 Å². The lowest BCUT2D eigenvalue weighted by atomic mass is 10.0. The highest BCUT2D eigenvalue weighted by Gasteiger charge is 2.15. The van der Waals surface area contributed by atoms with Crippen molar-refractivity contribution in [3.05, 3.63) is 86.5 Å². The van der Waals surface area contributed by atoms with Gasteiger partial charge in [0, 0.05) is 42.7 Å². The van der Waals surface area contributed by atoms with Crippen LogP contribution >= 0.6 is 12.4 Å². The summed E-state index contributed by atoms with van der Waals surface area (Å²) >= 11 is 0. The van der Waals surface area contributed by atoms with Crippen LogP contribution in [-0.2, 0) is 6.42 Å². The van der Waals surface area contributed by atoms with E-state index in [-0.39, 0.29) is 30.1 Å². The molecule has 0 saturated carbocycles. The first-order valence-electron chi connectivity index (χ1n) is 9.41. The van der Waals surface area contributed by atoms with E-state index in [4.69, 9.17) is 5.73 Å². The van der Waals surface area contributed by atoms with Gasteiger partial charge in [0.05, 0.1) is 16.6 Å². The van der Waals surface area contributed by atoms with E-state index >= 15 is 0 Å². The van der Waals surface area contributed by atoms with E-state index in [1.807, 2.05) is 24.3 Å². The SMILES string of the molecule is Cl.NCCNc1ccc(Cc2cc(-c3ccc4cn[nH]c4c3)c[nH]c2=O)cc1[N+](=O)[O-]. The van der Waals surface area contributed by atoms with Crippen LogP contribution in [0.4, 0.5) is 11.4 Å². The van der Waals surface area contributed by atoms with Gasteiger partial charge in [-0.05, 0) is 34.9 Å². The Hall–Kier alpha value is -3.69. The maximum atomic E-state index is 12.4. The van der Waals surface area contributed by atoms with Crippen LogP contribution in [0.3, 0.4) is 0 Å². The molecule has 0 aliphatic rings. The van der Waals surface area contributed by atoms with Gasteiger partial charge in [-0.25, -0.2) is 0 Å². The predicted molar refractivity (Wildman–Crippen MR) is 123 cm³/mol. The van der Waals surface area contributed by atoms with Crippen LogP contribution in [0.5, 0.6) is 0 Å². The van der Waals surface area contributed by atoms with Crippen molar-refractivity contribution >= 4 is 34.7 Å². The minimum atomic E-state index is -0.442. The van der Waals surface area contributed by atoms with Crippen molar-refractivity contribution in [1.82, 2.24) is 15.2 Å². The summed E-state index contributed by atoms with van der Waals surface area (Å²) in [4.78, 5) is 26.1. The summed E-state index contributed by atoms with van der Waals surface area (Å²) in [6, 6.07) is 12.6. The van der Waals surface area contributed by atoms with Crippen LogP contribution in [0.25, 0.3) is 22.0 Å². The van der Waals surface area contributed by atoms with Gasteiger partial charge in [-0.2, -0.15) is 5.10 Å². The first-order valence-corrected chi connectivity index (χ1v) is 9.41. The summed E-state index contributed by atoms with van der Waals surface area (Å²) in [5, 5.41) is 22.3. The molecule has 0 spiro atoms. The van der Waals surface area contributed by atoms with Crippen molar-refractivity contribution in [2.75, 3.05) is 18.4 Å². The van der Waals surface area contributed by atoms with Gasteiger partial charge >= 0.3 is 0 Å². The maximum Gasteiger partial charge on any atom is 0.292 e. The smallest absolute Gasteiger partial charge is 0.292 e. The number of nitro benzene ring substituents is 1. The molecule has 160 valence electrons. The number of aromatic nitrogens is 3. The lowest BCUT2D eigenvalue weighted by Gasteiger charge is -2.09. The van der Waals surface area contributed by atoms with Gasteiger partial charge < -0.3 is 16.0 Å². The summed E-state index contributed by atoms with van der Waals surface area (Å²) in [5.41, 5.74) is 9.46. The Morgan fingerprint density at radius 1 is 1.13 bits per heavy atom. The second-order valence-corrected chi connectivity index (χ2v) is 6.92. The highest BCUT2D eigenvalue weighted by molar-refractivity contribution is 5.85. The maximum absolute atomic E-state index is 12.4. The average Bonchev–Trinajstić information content (AvgIpc) is 3.22. The number of halogens is 1. The van der Waals surface area contributed by atoms with Crippen LogP contribution in [0.1, 0.15) is 11.1 Å². The summed E-state index contributed by atoms with van der Waals surface area (Å²) in [7, 11) is 0. The zero-order valence-corrected chi connectivity index (χ0v) is 17.2. The third kappa shape index (κ3) is 4.73. The molecule has 2 heterocycles. The Morgan fingerprint density at radius 3 is 2.74 bits per heavy atom. The van der Waals surface area contributed by atoms with Gasteiger partial charge in [-0.3, -0.25) is 20.0 Å². The number of hydrogen-bond acceptors (Lipinski definition) is 6. The summed E-state index contributed by atoms with van der Waals surface area (Å²) in [6.07, 6.45) is 3.68. The van der Waals surface area contributed by atoms with Crippen LogP contribution < -0.4 is 16.6 Å². The zero-order valence-electron chi connectivity index (χ0n) is 16.4. The third-order valence-corrected chi connectivity index (χ3v) is 4.87. The molecule has 4 rings (SSSR count). The minimum Gasteiger partial charge on any atom is -0.378 e. The molecular weight excluding hydrogens is 420 g/mol. The Bertz CT molecular complexity index is 1280. The molecule has 2 aromatic carbocycles. The van der Waals surface area contributed by atoms with E-state index in [0.29, 0.717) is 29.9 Å². The molecule has 0 bridgehead atoms. The summed E-state index contributed by atoms with van der Waals surface area (Å²) in [6.45, 7) is 0.800. The lowest BCUT2D eigenvalue weighted by molar-refractivity contribution is -0.384. The molecule has 4 aromatic rings. The highest BCUT2D eigenvalue weighted by atomic mass is 35.5. The van der Waals surface area contributed by atoms with E-state index < -0.39 is 4.92 Å². The molecule has 0 atom stereocenters. The van der Waals surface area contributed by atoms with Crippen molar-refractivity contribution in [3.8, 4) is 11.1 Å². The molecule has 5 N–H and O–H groups in total. The number of nitro groups is 1. The zero-order chi connectivity index (χ0) is 21.1. The van der Waals surface area contributed by atoms with Gasteiger partial charge in [0.25, 0.3) is 11.2 Å². The van der Waals surface area contributed by atoms with E-state index in [2.05, 4.69) is 20.5 Å². The number of nitrogens with two attached hydrogens (primary N) is 1. The standard InChI is InChI=1S/C21H20N6O3.ClH/c22-5-6-23-18-4-1-13(8-20(18)27(29)30)7-16-9-17(11-24-21(16)28)14-2-3-15-12-25-26-19(15)10-14;/h1-4,8-12,23H,5-7,22H2,(H,24,28)(H,25,26);1H. The van der Waals surface area contributed by atoms with Gasteiger partial charge in [-0.15, -0.1) is 12.4 Å². The second kappa shape index (κ2) is 9.41. The van der Waals surface area contributed by atoms with Crippen molar-refractivity contribution < 1.29 is 4.92 Å². The average molecular weight is 441 g/mol. The highest BCUT2D eigenvalue weighted by Crippen LogP contribution is 2.27. The molecule has 0 radical (unpaired) electrons. The fourth-order valence-electron chi connectivity index (χ4n) is 3.36. The number of pyridine rings is 1. The number of nitrogens with one attached hydrogen (secondary N) is 3. The van der Waals surface area contributed by atoms with Crippen LogP contribution in [0, 0.1) is 10.1 Å². The molecule has 0 aliphatic heterocycles. The number of anilines is 1. The minimum absolute atomic E-state index is 0. The normalized spacial score (nSPS) is 10.6. The summed E-state index contributed by atoms with van der Waals surface area (Å²) < 4.78 is 0. The predicted octanol–water partition coefficient (Wildman–Crippen LogP) is 3.21. The van der Waals surface area contributed by atoms with Gasteiger partial charge in [0.1, 0.15) is 5.69 Å². The molecule has 0 amide bonds. The number of H-pyrrole nitrogens is 2. The Balaban J connectivity index is 0.00000272. The van der Waals surface area contributed by atoms with E-state index in [9.17, 15) is 14.9 Å². The molecule has 31 heavy (non-hydrogen) atoms. The largest absolute Gasteiger partial charge is 0.378 e. The van der Waals surface area contributed by atoms with Gasteiger partial charge in [0.15, 0.2) is 0 Å². The fraction of sp³-hybridized carbons (Fsp3) is 0.143. The molecule has 0 aliphatic carbocycles. The first-order chi connectivity index (χ1) is 14.5. The number of nitrogens with zero attached hydrogens (tertiary/aromatic N) is 2. The van der Waals surface area contributed by atoms with E-state index in [1.165, 1.54) is 6.07 Å². The molecular formula is C21H21ClN6O3. The quantitative estimate of drug-likeness (QED) is 0.256. The molecule has 9 nitrogen and oxygen atoms in total. The van der Waals surface area contributed by atoms with Crippen molar-refractivity contribution in [3.63, 3.8) is 0 Å². The van der Waals surface area contributed by atoms with Crippen molar-refractivity contribution in [2.45, 2.75) is 6.42 Å². The number of hydrogen-bond donors (Lipinski definition) is 4. The molecule has 0 unspecified atom stereocenters.